The van der Waals surface area contributed by atoms with Crippen molar-refractivity contribution < 1.29 is 4.74 Å². The summed E-state index contributed by atoms with van der Waals surface area (Å²) in [5, 5.41) is 0. The van der Waals surface area contributed by atoms with Gasteiger partial charge in [0.2, 0.25) is 0 Å². The van der Waals surface area contributed by atoms with Gasteiger partial charge in [-0.15, -0.1) is 0 Å². The highest BCUT2D eigenvalue weighted by atomic mass is 16.5. The van der Waals surface area contributed by atoms with Crippen LogP contribution in [0.4, 0.5) is 0 Å². The molecule has 0 amide bonds. The molecule has 0 aromatic heterocycles. The van der Waals surface area contributed by atoms with Crippen LogP contribution in [0.15, 0.2) is 0 Å². The molecule has 1 unspecified atom stereocenters. The molecule has 0 spiro atoms. The molecule has 0 bridgehead atoms. The minimum atomic E-state index is 0.766. The molecule has 0 radical (unpaired) electrons. The Morgan fingerprint density at radius 2 is 2.27 bits per heavy atom. The fraction of sp³-hybridized carbons (Fsp3) is 1.00. The Morgan fingerprint density at radius 1 is 1.45 bits per heavy atom. The van der Waals surface area contributed by atoms with Crippen LogP contribution >= 0.6 is 0 Å². The van der Waals surface area contributed by atoms with Crippen LogP contribution in [0.2, 0.25) is 0 Å². The second-order valence-electron chi connectivity index (χ2n) is 3.63. The average molecular weight is 155 g/mol. The van der Waals surface area contributed by atoms with Gasteiger partial charge in [0.25, 0.3) is 0 Å². The van der Waals surface area contributed by atoms with Gasteiger partial charge in [0, 0.05) is 6.04 Å². The van der Waals surface area contributed by atoms with E-state index >= 15 is 0 Å². The predicted octanol–water partition coefficient (Wildman–Crippen LogP) is 1.26. The number of nitrogens with zero attached hydrogens (tertiary/aromatic N) is 1. The monoisotopic (exact) mass is 155 g/mol. The molecule has 2 nitrogen and oxygen atoms in total. The summed E-state index contributed by atoms with van der Waals surface area (Å²) in [7, 11) is 0. The molecule has 1 atom stereocenters. The van der Waals surface area contributed by atoms with Gasteiger partial charge in [-0.2, -0.15) is 0 Å². The molecule has 2 rings (SSSR count). The van der Waals surface area contributed by atoms with Gasteiger partial charge in [-0.1, -0.05) is 6.92 Å². The van der Waals surface area contributed by atoms with Crippen LogP contribution in [0.1, 0.15) is 26.2 Å². The summed E-state index contributed by atoms with van der Waals surface area (Å²) in [4.78, 5) is 2.64. The highest BCUT2D eigenvalue weighted by molar-refractivity contribution is 4.86. The minimum absolute atomic E-state index is 0.766. The van der Waals surface area contributed by atoms with Gasteiger partial charge in [0.1, 0.15) is 0 Å². The van der Waals surface area contributed by atoms with E-state index in [0.29, 0.717) is 0 Å². The van der Waals surface area contributed by atoms with Crippen LogP contribution < -0.4 is 0 Å². The maximum absolute atomic E-state index is 5.20. The molecule has 2 aliphatic rings. The van der Waals surface area contributed by atoms with Crippen molar-refractivity contribution >= 4 is 0 Å². The van der Waals surface area contributed by atoms with Crippen molar-refractivity contribution in [1.82, 2.24) is 4.90 Å². The molecule has 0 aromatic rings. The van der Waals surface area contributed by atoms with E-state index < -0.39 is 0 Å². The van der Waals surface area contributed by atoms with Gasteiger partial charge in [-0.05, 0) is 25.8 Å². The average Bonchev–Trinajstić information content (AvgIpc) is 2.32. The van der Waals surface area contributed by atoms with E-state index in [1.165, 1.54) is 25.8 Å². The standard InChI is InChI=1S/C9H17NO/c1-2-8-4-3-5-10(8)9-6-11-7-9/h8-9H,2-7H2,1H3. The summed E-state index contributed by atoms with van der Waals surface area (Å²) >= 11 is 0. The van der Waals surface area contributed by atoms with Crippen molar-refractivity contribution in [1.29, 1.82) is 0 Å². The molecule has 0 aliphatic carbocycles. The Hall–Kier alpha value is -0.0800. The molecule has 11 heavy (non-hydrogen) atoms. The van der Waals surface area contributed by atoms with Gasteiger partial charge >= 0.3 is 0 Å². The topological polar surface area (TPSA) is 12.5 Å². The lowest BCUT2D eigenvalue weighted by atomic mass is 10.1. The largest absolute Gasteiger partial charge is 0.378 e. The molecule has 2 saturated heterocycles. The maximum atomic E-state index is 5.20. The zero-order chi connectivity index (χ0) is 7.68. The van der Waals surface area contributed by atoms with Crippen LogP contribution in [0.25, 0.3) is 0 Å². The summed E-state index contributed by atoms with van der Waals surface area (Å²) in [6, 6.07) is 1.63. The lowest BCUT2D eigenvalue weighted by Gasteiger charge is -2.38. The van der Waals surface area contributed by atoms with E-state index in [1.54, 1.807) is 0 Å². The molecule has 0 aromatic carbocycles. The quantitative estimate of drug-likeness (QED) is 0.595. The Bertz CT molecular complexity index is 134. The van der Waals surface area contributed by atoms with Crippen molar-refractivity contribution in [2.24, 2.45) is 0 Å². The highest BCUT2D eigenvalue weighted by Gasteiger charge is 2.33. The zero-order valence-corrected chi connectivity index (χ0v) is 7.25. The van der Waals surface area contributed by atoms with E-state index in [1.807, 2.05) is 0 Å². The van der Waals surface area contributed by atoms with Crippen LogP contribution in [0.5, 0.6) is 0 Å². The third-order valence-electron chi connectivity index (χ3n) is 2.98. The summed E-state index contributed by atoms with van der Waals surface area (Å²) in [6.07, 6.45) is 4.12. The van der Waals surface area contributed by atoms with Crippen LogP contribution in [-0.2, 0) is 4.74 Å². The van der Waals surface area contributed by atoms with E-state index in [4.69, 9.17) is 4.74 Å². The van der Waals surface area contributed by atoms with Gasteiger partial charge in [0.05, 0.1) is 19.3 Å². The second kappa shape index (κ2) is 3.11. The number of hydrogen-bond donors (Lipinski definition) is 0. The van der Waals surface area contributed by atoms with E-state index in [-0.39, 0.29) is 0 Å². The number of likely N-dealkylation sites (tertiary alicyclic amines) is 1. The first kappa shape index (κ1) is 7.56. The Labute approximate surface area is 68.5 Å². The highest BCUT2D eigenvalue weighted by Crippen LogP contribution is 2.25. The van der Waals surface area contributed by atoms with Crippen molar-refractivity contribution in [3.05, 3.63) is 0 Å². The maximum Gasteiger partial charge on any atom is 0.0645 e. The van der Waals surface area contributed by atoms with Crippen LogP contribution in [-0.4, -0.2) is 36.7 Å². The Balaban J connectivity index is 1.89. The first-order chi connectivity index (χ1) is 5.42. The zero-order valence-electron chi connectivity index (χ0n) is 7.25. The van der Waals surface area contributed by atoms with Gasteiger partial charge < -0.3 is 4.74 Å². The first-order valence-corrected chi connectivity index (χ1v) is 4.75. The molecule has 2 aliphatic heterocycles. The molecule has 64 valence electrons. The Morgan fingerprint density at radius 3 is 2.82 bits per heavy atom. The first-order valence-electron chi connectivity index (χ1n) is 4.75. The van der Waals surface area contributed by atoms with E-state index in [9.17, 15) is 0 Å². The fourth-order valence-corrected chi connectivity index (χ4v) is 2.19. The summed E-state index contributed by atoms with van der Waals surface area (Å²) < 4.78 is 5.20. The van der Waals surface area contributed by atoms with Crippen LogP contribution in [0.3, 0.4) is 0 Å². The molecule has 2 heteroatoms. The molecule has 2 heterocycles. The Kier molecular flexibility index (Phi) is 2.14. The van der Waals surface area contributed by atoms with Crippen molar-refractivity contribution in [3.8, 4) is 0 Å². The minimum Gasteiger partial charge on any atom is -0.378 e. The van der Waals surface area contributed by atoms with Crippen molar-refractivity contribution in [3.63, 3.8) is 0 Å². The van der Waals surface area contributed by atoms with Gasteiger partial charge in [0.15, 0.2) is 0 Å². The molecule has 0 saturated carbocycles. The van der Waals surface area contributed by atoms with E-state index in [0.717, 1.165) is 25.3 Å². The summed E-state index contributed by atoms with van der Waals surface area (Å²) in [5.41, 5.74) is 0. The van der Waals surface area contributed by atoms with E-state index in [2.05, 4.69) is 11.8 Å². The molecule has 2 fully saturated rings. The lowest BCUT2D eigenvalue weighted by Crippen LogP contribution is -2.50. The lowest BCUT2D eigenvalue weighted by molar-refractivity contribution is -0.0694. The van der Waals surface area contributed by atoms with Gasteiger partial charge in [-0.3, -0.25) is 4.90 Å². The fourth-order valence-electron chi connectivity index (χ4n) is 2.19. The molecular formula is C9H17NO. The molecule has 0 N–H and O–H groups in total. The normalized spacial score (nSPS) is 34.1. The summed E-state index contributed by atoms with van der Waals surface area (Å²) in [5.74, 6) is 0. The van der Waals surface area contributed by atoms with Crippen molar-refractivity contribution in [2.75, 3.05) is 19.8 Å². The SMILES string of the molecule is CCC1CCCN1C1COC1. The summed E-state index contributed by atoms with van der Waals surface area (Å²) in [6.45, 7) is 5.57. The number of hydrogen-bond acceptors (Lipinski definition) is 2. The smallest absolute Gasteiger partial charge is 0.0645 e. The third kappa shape index (κ3) is 1.30. The second-order valence-corrected chi connectivity index (χ2v) is 3.63. The predicted molar refractivity (Wildman–Crippen MR) is 44.6 cm³/mol. The van der Waals surface area contributed by atoms with Crippen molar-refractivity contribution in [2.45, 2.75) is 38.3 Å². The van der Waals surface area contributed by atoms with Gasteiger partial charge in [-0.25, -0.2) is 0 Å². The molecular weight excluding hydrogens is 138 g/mol. The number of rotatable bonds is 2. The number of ether oxygens (including phenoxy) is 1. The third-order valence-corrected chi connectivity index (χ3v) is 2.98. The van der Waals surface area contributed by atoms with Crippen LogP contribution in [0, 0.1) is 0 Å².